The lowest BCUT2D eigenvalue weighted by Gasteiger charge is -2.18. The summed E-state index contributed by atoms with van der Waals surface area (Å²) in [6, 6.07) is 54.5. The van der Waals surface area contributed by atoms with Crippen LogP contribution < -0.4 is 13.7 Å². The van der Waals surface area contributed by atoms with Crippen molar-refractivity contribution in [1.82, 2.24) is 0 Å². The van der Waals surface area contributed by atoms with E-state index in [2.05, 4.69) is 205 Å². The van der Waals surface area contributed by atoms with Gasteiger partial charge in [-0.3, -0.25) is 0 Å². The lowest BCUT2D eigenvalue weighted by atomic mass is 9.94. The van der Waals surface area contributed by atoms with E-state index >= 15 is 0 Å². The van der Waals surface area contributed by atoms with Crippen LogP contribution in [0.2, 0.25) is 0 Å². The van der Waals surface area contributed by atoms with E-state index in [0.29, 0.717) is 0 Å². The highest BCUT2D eigenvalue weighted by Gasteiger charge is 2.39. The average Bonchev–Trinajstić information content (AvgIpc) is 3.10. The number of benzene rings is 4. The summed E-state index contributed by atoms with van der Waals surface area (Å²) in [6.45, 7) is 4.39. The van der Waals surface area contributed by atoms with E-state index in [0.717, 1.165) is 17.1 Å². The van der Waals surface area contributed by atoms with Gasteiger partial charge >= 0.3 is 6.17 Å². The van der Waals surface area contributed by atoms with Crippen molar-refractivity contribution in [2.24, 2.45) is 7.05 Å². The summed E-state index contributed by atoms with van der Waals surface area (Å²) in [7, 11) is 2.13. The molecule has 0 aliphatic heterocycles. The van der Waals surface area contributed by atoms with Gasteiger partial charge in [0.2, 0.25) is 17.1 Å². The van der Waals surface area contributed by atoms with Gasteiger partial charge in [0, 0.05) is 47.5 Å². The minimum absolute atomic E-state index is 0.202. The number of aryl methyl sites for hydroxylation is 3. The Bertz CT molecular complexity index is 2060. The fourth-order valence-electron chi connectivity index (χ4n) is 6.57. The summed E-state index contributed by atoms with van der Waals surface area (Å²) < 4.78 is 7.10. The zero-order valence-electron chi connectivity index (χ0n) is 26.6. The summed E-state index contributed by atoms with van der Waals surface area (Å²) in [5, 5.41) is 0. The summed E-state index contributed by atoms with van der Waals surface area (Å²) in [6.07, 6.45) is 6.39. The van der Waals surface area contributed by atoms with Gasteiger partial charge in [-0.25, -0.2) is 4.57 Å². The van der Waals surface area contributed by atoms with Crippen LogP contribution in [0.3, 0.4) is 0 Å². The van der Waals surface area contributed by atoms with Gasteiger partial charge in [0.25, 0.3) is 0 Å². The highest BCUT2D eigenvalue weighted by atomic mass is 15.2. The van der Waals surface area contributed by atoms with Gasteiger partial charge in [0.1, 0.15) is 12.6 Å². The van der Waals surface area contributed by atoms with Crippen LogP contribution in [0, 0.1) is 13.8 Å². The average molecular weight is 597 g/mol. The first-order valence-corrected chi connectivity index (χ1v) is 15.9. The van der Waals surface area contributed by atoms with Gasteiger partial charge in [-0.15, -0.1) is 9.13 Å². The quantitative estimate of drug-likeness (QED) is 0.164. The first-order chi connectivity index (χ1) is 22.6. The van der Waals surface area contributed by atoms with Gasteiger partial charge in [-0.1, -0.05) is 72.8 Å². The molecule has 3 nitrogen and oxygen atoms in total. The van der Waals surface area contributed by atoms with Crippen LogP contribution in [0.4, 0.5) is 0 Å². The van der Waals surface area contributed by atoms with E-state index in [-0.39, 0.29) is 6.17 Å². The molecule has 4 aromatic carbocycles. The second-order valence-electron chi connectivity index (χ2n) is 11.9. The maximum absolute atomic E-state index is 2.44. The van der Waals surface area contributed by atoms with E-state index in [1.54, 1.807) is 0 Å². The second-order valence-corrected chi connectivity index (χ2v) is 11.9. The molecule has 0 spiro atoms. The van der Waals surface area contributed by atoms with E-state index in [1.807, 2.05) is 0 Å². The van der Waals surface area contributed by atoms with E-state index < -0.39 is 0 Å². The summed E-state index contributed by atoms with van der Waals surface area (Å²) in [4.78, 5) is 0. The molecule has 0 saturated carbocycles. The number of pyridine rings is 3. The molecule has 7 aromatic rings. The fraction of sp³-hybridized carbons (Fsp3) is 0.0930. The SMILES string of the molecule is Cc1ccccc1-c1cccc[n+]1C(c1ccc(-c2ccccc2)cc1-c1cccc[n+]1C)[n+]1ccccc1-c1ccccc1C. The Kier molecular flexibility index (Phi) is 8.05. The third-order valence-electron chi connectivity index (χ3n) is 8.92. The Hall–Kier alpha value is -5.67. The molecule has 0 aliphatic carbocycles. The Morgan fingerprint density at radius 1 is 0.413 bits per heavy atom. The van der Waals surface area contributed by atoms with Crippen LogP contribution >= 0.6 is 0 Å². The van der Waals surface area contributed by atoms with Crippen LogP contribution in [0.1, 0.15) is 22.9 Å². The molecular weight excluding hydrogens is 558 g/mol. The number of hydrogen-bond donors (Lipinski definition) is 0. The predicted molar refractivity (Wildman–Crippen MR) is 186 cm³/mol. The normalized spacial score (nSPS) is 11.1. The fourth-order valence-corrected chi connectivity index (χ4v) is 6.57. The van der Waals surface area contributed by atoms with Crippen molar-refractivity contribution < 1.29 is 13.7 Å². The second kappa shape index (κ2) is 12.7. The number of hydrogen-bond acceptors (Lipinski definition) is 0. The minimum atomic E-state index is -0.202. The monoisotopic (exact) mass is 596 g/mol. The zero-order valence-corrected chi connectivity index (χ0v) is 26.6. The van der Waals surface area contributed by atoms with E-state index in [9.17, 15) is 0 Å². The molecule has 0 aliphatic rings. The third-order valence-corrected chi connectivity index (χ3v) is 8.92. The highest BCUT2D eigenvalue weighted by Crippen LogP contribution is 2.33. The van der Waals surface area contributed by atoms with Crippen molar-refractivity contribution in [1.29, 1.82) is 0 Å². The maximum atomic E-state index is 2.44. The van der Waals surface area contributed by atoms with Gasteiger partial charge in [-0.05, 0) is 78.6 Å². The molecule has 0 unspecified atom stereocenters. The van der Waals surface area contributed by atoms with Gasteiger partial charge in [0.05, 0.1) is 5.56 Å². The molecule has 46 heavy (non-hydrogen) atoms. The lowest BCUT2D eigenvalue weighted by molar-refractivity contribution is -0.924. The Balaban J connectivity index is 1.58. The molecule has 3 aromatic heterocycles. The molecule has 0 radical (unpaired) electrons. The van der Waals surface area contributed by atoms with E-state index in [4.69, 9.17) is 0 Å². The largest absolute Gasteiger partial charge is 0.381 e. The first kappa shape index (κ1) is 29.1. The summed E-state index contributed by atoms with van der Waals surface area (Å²) in [5.41, 5.74) is 13.2. The van der Waals surface area contributed by atoms with Crippen molar-refractivity contribution >= 4 is 0 Å². The Morgan fingerprint density at radius 2 is 0.913 bits per heavy atom. The van der Waals surface area contributed by atoms with Gasteiger partial charge in [-0.2, -0.15) is 0 Å². The van der Waals surface area contributed by atoms with Crippen LogP contribution in [0.25, 0.3) is 44.9 Å². The number of rotatable bonds is 7. The smallest absolute Gasteiger partial charge is 0.201 e. The van der Waals surface area contributed by atoms with Gasteiger partial charge in [0.15, 0.2) is 18.6 Å². The molecule has 0 amide bonds. The third kappa shape index (κ3) is 5.52. The Morgan fingerprint density at radius 3 is 1.48 bits per heavy atom. The molecule has 0 fully saturated rings. The molecular formula is C43H38N3+3. The lowest BCUT2D eigenvalue weighted by Crippen LogP contribution is -2.59. The summed E-state index contributed by atoms with van der Waals surface area (Å²) >= 11 is 0. The topological polar surface area (TPSA) is 11.6 Å². The molecule has 0 atom stereocenters. The van der Waals surface area contributed by atoms with Crippen LogP contribution in [0.15, 0.2) is 170 Å². The molecule has 3 heteroatoms. The molecule has 7 rings (SSSR count). The minimum Gasteiger partial charge on any atom is -0.201 e. The molecule has 0 saturated heterocycles. The van der Waals surface area contributed by atoms with Crippen molar-refractivity contribution in [3.05, 3.63) is 187 Å². The van der Waals surface area contributed by atoms with Crippen LogP contribution in [-0.2, 0) is 7.05 Å². The molecule has 0 N–H and O–H groups in total. The molecule has 3 heterocycles. The zero-order chi connectivity index (χ0) is 31.5. The molecule has 222 valence electrons. The van der Waals surface area contributed by atoms with Crippen LogP contribution in [-0.4, -0.2) is 0 Å². The van der Waals surface area contributed by atoms with Crippen molar-refractivity contribution in [3.63, 3.8) is 0 Å². The van der Waals surface area contributed by atoms with Crippen molar-refractivity contribution in [2.75, 3.05) is 0 Å². The number of aromatic nitrogens is 3. The van der Waals surface area contributed by atoms with Crippen molar-refractivity contribution in [2.45, 2.75) is 20.0 Å². The van der Waals surface area contributed by atoms with Crippen molar-refractivity contribution in [3.8, 4) is 44.9 Å². The highest BCUT2D eigenvalue weighted by molar-refractivity contribution is 5.73. The summed E-state index contributed by atoms with van der Waals surface area (Å²) in [5.74, 6) is 0. The maximum Gasteiger partial charge on any atom is 0.381 e. The van der Waals surface area contributed by atoms with E-state index in [1.165, 1.54) is 44.5 Å². The number of nitrogens with zero attached hydrogens (tertiary/aromatic N) is 3. The predicted octanol–water partition coefficient (Wildman–Crippen LogP) is 8.47. The van der Waals surface area contributed by atoms with Gasteiger partial charge < -0.3 is 0 Å². The van der Waals surface area contributed by atoms with Crippen LogP contribution in [0.5, 0.6) is 0 Å². The Labute approximate surface area is 272 Å². The standard InChI is InChI=1S/C43H38N3/c1-32-17-7-9-21-36(32)41-24-12-15-29-45(41)43(46-30-16-13-25-42(46)37-22-10-8-18-33(37)2)38-27-26-35(34-19-5-4-6-20-34)31-39(38)40-23-11-14-28-44(40)3/h4-31,43H,1-3H3/q+3. The first-order valence-electron chi connectivity index (χ1n) is 15.9. The molecule has 0 bridgehead atoms.